The Balaban J connectivity index is 2.04. The minimum atomic E-state index is -0.240. The number of hydrogen-bond donors (Lipinski definition) is 0. The quantitative estimate of drug-likeness (QED) is 0.575. The lowest BCUT2D eigenvalue weighted by atomic mass is 10.1. The Bertz CT molecular complexity index is 438. The molecule has 1 aromatic rings. The molecule has 1 aliphatic heterocycles. The van der Waals surface area contributed by atoms with Gasteiger partial charge in [0, 0.05) is 17.8 Å². The van der Waals surface area contributed by atoms with E-state index in [1.54, 1.807) is 0 Å². The third kappa shape index (κ3) is 2.56. The van der Waals surface area contributed by atoms with Crippen LogP contribution in [0.4, 0.5) is 10.1 Å². The maximum absolute atomic E-state index is 12.0. The van der Waals surface area contributed by atoms with Gasteiger partial charge in [-0.15, -0.1) is 0 Å². The number of fused-ring (bicyclic) bond motifs is 1. The van der Waals surface area contributed by atoms with Crippen LogP contribution in [-0.2, 0) is 4.79 Å². The molecule has 1 aromatic carbocycles. The normalized spacial score (nSPS) is 13.7. The molecule has 0 saturated heterocycles. The molecular formula is C14H16FNO. The summed E-state index contributed by atoms with van der Waals surface area (Å²) in [6.07, 6.45) is 2.49. The van der Waals surface area contributed by atoms with Crippen molar-refractivity contribution in [2.45, 2.75) is 19.3 Å². The lowest BCUT2D eigenvalue weighted by Gasteiger charge is -2.18. The second-order valence-electron chi connectivity index (χ2n) is 4.27. The average molecular weight is 233 g/mol. The molecule has 0 spiro atoms. The zero-order valence-corrected chi connectivity index (χ0v) is 9.79. The Morgan fingerprint density at radius 1 is 1.24 bits per heavy atom. The van der Waals surface area contributed by atoms with E-state index in [9.17, 15) is 9.18 Å². The molecule has 2 nitrogen and oxygen atoms in total. The van der Waals surface area contributed by atoms with Gasteiger partial charge in [0.2, 0.25) is 0 Å². The van der Waals surface area contributed by atoms with Gasteiger partial charge >= 0.3 is 0 Å². The lowest BCUT2D eigenvalue weighted by molar-refractivity contribution is 0.456. The molecule has 0 amide bonds. The Morgan fingerprint density at radius 2 is 2.06 bits per heavy atom. The number of nitrogens with zero attached hydrogens (tertiary/aromatic N) is 1. The van der Waals surface area contributed by atoms with Crippen LogP contribution in [0.25, 0.3) is 5.57 Å². The van der Waals surface area contributed by atoms with Gasteiger partial charge in [0.05, 0.1) is 18.8 Å². The second-order valence-corrected chi connectivity index (χ2v) is 4.27. The maximum atomic E-state index is 12.0. The fraction of sp³-hybridized carbons (Fsp3) is 0.429. The minimum absolute atomic E-state index is 0.240. The molecule has 0 N–H and O–H groups in total. The van der Waals surface area contributed by atoms with E-state index in [2.05, 4.69) is 4.90 Å². The molecule has 2 rings (SSSR count). The maximum Gasteiger partial charge on any atom is 0.130 e. The summed E-state index contributed by atoms with van der Waals surface area (Å²) >= 11 is 0. The summed E-state index contributed by atoms with van der Waals surface area (Å²) in [6, 6.07) is 7.88. The van der Waals surface area contributed by atoms with Crippen LogP contribution < -0.4 is 4.90 Å². The molecular weight excluding hydrogens is 217 g/mol. The molecule has 0 saturated carbocycles. The van der Waals surface area contributed by atoms with Gasteiger partial charge in [0.15, 0.2) is 0 Å². The zero-order chi connectivity index (χ0) is 12.1. The molecule has 0 atom stereocenters. The highest BCUT2D eigenvalue weighted by Gasteiger charge is 2.23. The summed E-state index contributed by atoms with van der Waals surface area (Å²) in [7, 11) is 0. The van der Waals surface area contributed by atoms with Crippen molar-refractivity contribution in [1.82, 2.24) is 0 Å². The van der Waals surface area contributed by atoms with Gasteiger partial charge in [-0.2, -0.15) is 0 Å². The third-order valence-corrected chi connectivity index (χ3v) is 3.10. The van der Waals surface area contributed by atoms with Gasteiger partial charge in [0.1, 0.15) is 5.94 Å². The van der Waals surface area contributed by atoms with Gasteiger partial charge in [0.25, 0.3) is 0 Å². The number of unbranched alkanes of at least 4 members (excludes halogenated alkanes) is 2. The first-order valence-electron chi connectivity index (χ1n) is 6.01. The monoisotopic (exact) mass is 233 g/mol. The highest BCUT2D eigenvalue weighted by atomic mass is 19.1. The van der Waals surface area contributed by atoms with E-state index in [-0.39, 0.29) is 6.67 Å². The largest absolute Gasteiger partial charge is 0.366 e. The van der Waals surface area contributed by atoms with E-state index < -0.39 is 0 Å². The third-order valence-electron chi connectivity index (χ3n) is 3.10. The number of benzene rings is 1. The number of alkyl halides is 1. The summed E-state index contributed by atoms with van der Waals surface area (Å²) in [6.45, 7) is 1.27. The van der Waals surface area contributed by atoms with E-state index >= 15 is 0 Å². The lowest BCUT2D eigenvalue weighted by Crippen LogP contribution is -2.21. The number of halogens is 1. The van der Waals surface area contributed by atoms with Crippen molar-refractivity contribution in [3.05, 3.63) is 29.8 Å². The van der Waals surface area contributed by atoms with Crippen molar-refractivity contribution in [2.75, 3.05) is 24.7 Å². The van der Waals surface area contributed by atoms with Crippen LogP contribution in [0.1, 0.15) is 24.8 Å². The standard InChI is InChI=1S/C14H16FNO/c15-8-4-1-5-9-16-10-12(11-17)13-6-2-3-7-14(13)16/h2-3,6-7H,1,4-5,8-10H2. The minimum Gasteiger partial charge on any atom is -0.366 e. The van der Waals surface area contributed by atoms with Crippen LogP contribution in [0.5, 0.6) is 0 Å². The molecule has 0 aromatic heterocycles. The van der Waals surface area contributed by atoms with Crippen molar-refractivity contribution in [2.24, 2.45) is 0 Å². The average Bonchev–Trinajstić information content (AvgIpc) is 2.73. The Morgan fingerprint density at radius 3 is 2.82 bits per heavy atom. The van der Waals surface area contributed by atoms with Gasteiger partial charge in [-0.05, 0) is 25.3 Å². The van der Waals surface area contributed by atoms with E-state index in [0.29, 0.717) is 13.0 Å². The van der Waals surface area contributed by atoms with E-state index in [1.165, 1.54) is 0 Å². The topological polar surface area (TPSA) is 20.3 Å². The van der Waals surface area contributed by atoms with Crippen LogP contribution >= 0.6 is 0 Å². The predicted octanol–water partition coefficient (Wildman–Crippen LogP) is 2.86. The molecule has 0 radical (unpaired) electrons. The molecule has 0 unspecified atom stereocenters. The molecule has 0 aliphatic carbocycles. The second kappa shape index (κ2) is 5.65. The first kappa shape index (κ1) is 11.9. The van der Waals surface area contributed by atoms with Gasteiger partial charge in [-0.1, -0.05) is 18.2 Å². The molecule has 90 valence electrons. The number of hydrogen-bond acceptors (Lipinski definition) is 2. The van der Waals surface area contributed by atoms with Gasteiger partial charge in [-0.25, -0.2) is 4.79 Å². The SMILES string of the molecule is O=C=C1CN(CCCCCF)c2ccccc21. The Hall–Kier alpha value is -1.60. The summed E-state index contributed by atoms with van der Waals surface area (Å²) < 4.78 is 12.0. The van der Waals surface area contributed by atoms with Crippen LogP contribution in [0.2, 0.25) is 0 Å². The van der Waals surface area contributed by atoms with Crippen LogP contribution in [0.15, 0.2) is 24.3 Å². The number of rotatable bonds is 5. The highest BCUT2D eigenvalue weighted by Crippen LogP contribution is 2.33. The summed E-state index contributed by atoms with van der Waals surface area (Å²) in [5, 5.41) is 0. The number of para-hydroxylation sites is 1. The molecule has 1 heterocycles. The van der Waals surface area contributed by atoms with E-state index in [0.717, 1.165) is 36.2 Å². The fourth-order valence-corrected chi connectivity index (χ4v) is 2.23. The van der Waals surface area contributed by atoms with E-state index in [1.807, 2.05) is 30.2 Å². The summed E-state index contributed by atoms with van der Waals surface area (Å²) in [4.78, 5) is 13.0. The van der Waals surface area contributed by atoms with Crippen molar-refractivity contribution >= 4 is 17.2 Å². The molecule has 17 heavy (non-hydrogen) atoms. The van der Waals surface area contributed by atoms with Crippen molar-refractivity contribution in [3.63, 3.8) is 0 Å². The first-order chi connectivity index (χ1) is 8.36. The Labute approximate surface area is 101 Å². The first-order valence-corrected chi connectivity index (χ1v) is 6.01. The van der Waals surface area contributed by atoms with Crippen LogP contribution in [0, 0.1) is 0 Å². The molecule has 3 heteroatoms. The summed E-state index contributed by atoms with van der Waals surface area (Å²) in [5.41, 5.74) is 2.82. The molecule has 0 bridgehead atoms. The number of anilines is 1. The molecule has 0 fully saturated rings. The van der Waals surface area contributed by atoms with E-state index in [4.69, 9.17) is 0 Å². The fourth-order valence-electron chi connectivity index (χ4n) is 2.23. The number of carbonyl (C=O) groups excluding carboxylic acids is 1. The highest BCUT2D eigenvalue weighted by molar-refractivity contribution is 5.98. The van der Waals surface area contributed by atoms with Crippen molar-refractivity contribution < 1.29 is 9.18 Å². The zero-order valence-electron chi connectivity index (χ0n) is 9.79. The smallest absolute Gasteiger partial charge is 0.130 e. The summed E-state index contributed by atoms with van der Waals surface area (Å²) in [5.74, 6) is 2.02. The van der Waals surface area contributed by atoms with Crippen molar-refractivity contribution in [1.29, 1.82) is 0 Å². The predicted molar refractivity (Wildman–Crippen MR) is 67.6 cm³/mol. The van der Waals surface area contributed by atoms with Gasteiger partial charge < -0.3 is 4.90 Å². The van der Waals surface area contributed by atoms with Crippen LogP contribution in [0.3, 0.4) is 0 Å². The molecule has 1 aliphatic rings. The van der Waals surface area contributed by atoms with Crippen LogP contribution in [-0.4, -0.2) is 25.7 Å². The Kier molecular flexibility index (Phi) is 3.94. The van der Waals surface area contributed by atoms with Gasteiger partial charge in [-0.3, -0.25) is 4.39 Å². The van der Waals surface area contributed by atoms with Crippen molar-refractivity contribution in [3.8, 4) is 0 Å².